The first kappa shape index (κ1) is 19.3. The monoisotopic (exact) mass is 432 g/mol. The lowest BCUT2D eigenvalue weighted by molar-refractivity contribution is -0.0166. The van der Waals surface area contributed by atoms with Crippen molar-refractivity contribution in [3.63, 3.8) is 0 Å². The number of anilines is 1. The van der Waals surface area contributed by atoms with Gasteiger partial charge in [-0.05, 0) is 80.9 Å². The molecule has 4 aliphatic rings. The summed E-state index contributed by atoms with van der Waals surface area (Å²) in [5, 5.41) is 7.03. The fourth-order valence-corrected chi connectivity index (χ4v) is 6.57. The second-order valence-corrected chi connectivity index (χ2v) is 10.2. The van der Waals surface area contributed by atoms with Crippen LogP contribution < -0.4 is 10.6 Å². The first-order valence-corrected chi connectivity index (χ1v) is 11.7. The smallest absolute Gasteiger partial charge is 0.253 e. The number of hydrogen-bond acceptors (Lipinski definition) is 2. The molecule has 2 N–H and O–H groups in total. The van der Waals surface area contributed by atoms with E-state index in [1.165, 1.54) is 57.8 Å². The minimum Gasteiger partial charge on any atom is -0.384 e. The van der Waals surface area contributed by atoms with Gasteiger partial charge in [0.2, 0.25) is 0 Å². The van der Waals surface area contributed by atoms with Crippen molar-refractivity contribution in [3.05, 3.63) is 28.2 Å². The molecule has 4 saturated carbocycles. The van der Waals surface area contributed by atoms with Crippen LogP contribution >= 0.6 is 15.9 Å². The third-order valence-corrected chi connectivity index (χ3v) is 7.48. The van der Waals surface area contributed by atoms with E-state index in [4.69, 9.17) is 0 Å². The highest BCUT2D eigenvalue weighted by molar-refractivity contribution is 9.10. The number of carbonyl (C=O) groups excluding carboxylic acids is 1. The Morgan fingerprint density at radius 1 is 1.07 bits per heavy atom. The van der Waals surface area contributed by atoms with Gasteiger partial charge in [0.05, 0.1) is 5.56 Å². The van der Waals surface area contributed by atoms with E-state index in [0.717, 1.165) is 46.4 Å². The molecule has 27 heavy (non-hydrogen) atoms. The Kier molecular flexibility index (Phi) is 5.82. The molecule has 0 aliphatic heterocycles. The maximum atomic E-state index is 13.3. The van der Waals surface area contributed by atoms with E-state index in [1.54, 1.807) is 0 Å². The summed E-state index contributed by atoms with van der Waals surface area (Å²) in [4.78, 5) is 13.3. The van der Waals surface area contributed by atoms with Gasteiger partial charge in [-0.2, -0.15) is 0 Å². The largest absolute Gasteiger partial charge is 0.384 e. The second-order valence-electron chi connectivity index (χ2n) is 9.33. The number of nitrogens with one attached hydrogen (secondary N) is 2. The molecule has 0 aromatic heterocycles. The zero-order chi connectivity index (χ0) is 18.9. The van der Waals surface area contributed by atoms with Crippen LogP contribution in [0.5, 0.6) is 0 Å². The predicted octanol–water partition coefficient (Wildman–Crippen LogP) is 6.14. The van der Waals surface area contributed by atoms with Crippen molar-refractivity contribution in [2.45, 2.75) is 76.7 Å². The van der Waals surface area contributed by atoms with Crippen LogP contribution in [0.3, 0.4) is 0 Å². The summed E-state index contributed by atoms with van der Waals surface area (Å²) in [5.74, 6) is 2.63. The Labute approximate surface area is 172 Å². The van der Waals surface area contributed by atoms with Gasteiger partial charge in [0, 0.05) is 22.2 Å². The maximum Gasteiger partial charge on any atom is 0.253 e. The first-order chi connectivity index (χ1) is 13.1. The lowest BCUT2D eigenvalue weighted by Crippen LogP contribution is -2.59. The molecule has 1 amide bonds. The van der Waals surface area contributed by atoms with Gasteiger partial charge in [-0.3, -0.25) is 4.79 Å². The normalized spacial score (nSPS) is 31.1. The summed E-state index contributed by atoms with van der Waals surface area (Å²) in [6.45, 7) is 3.16. The van der Waals surface area contributed by atoms with Crippen molar-refractivity contribution in [2.75, 3.05) is 11.9 Å². The zero-order valence-corrected chi connectivity index (χ0v) is 18.1. The highest BCUT2D eigenvalue weighted by Crippen LogP contribution is 2.55. The number of carbonyl (C=O) groups is 1. The molecular weight excluding hydrogens is 400 g/mol. The van der Waals surface area contributed by atoms with Crippen LogP contribution in [-0.4, -0.2) is 18.0 Å². The van der Waals surface area contributed by atoms with Gasteiger partial charge in [0.25, 0.3) is 5.91 Å². The number of hydrogen-bond donors (Lipinski definition) is 2. The Morgan fingerprint density at radius 2 is 1.74 bits per heavy atom. The zero-order valence-electron chi connectivity index (χ0n) is 16.5. The van der Waals surface area contributed by atoms with Crippen molar-refractivity contribution in [3.8, 4) is 0 Å². The van der Waals surface area contributed by atoms with Crippen molar-refractivity contribution in [1.29, 1.82) is 0 Å². The Balaban J connectivity index is 1.44. The van der Waals surface area contributed by atoms with E-state index < -0.39 is 0 Å². The summed E-state index contributed by atoms with van der Waals surface area (Å²) in [5.41, 5.74) is 1.82. The van der Waals surface area contributed by atoms with Crippen LogP contribution in [0.2, 0.25) is 0 Å². The van der Waals surface area contributed by atoms with E-state index >= 15 is 0 Å². The Hall–Kier alpha value is -1.03. The topological polar surface area (TPSA) is 41.1 Å². The number of amides is 1. The summed E-state index contributed by atoms with van der Waals surface area (Å²) in [6.07, 6.45) is 12.7. The van der Waals surface area contributed by atoms with Crippen molar-refractivity contribution in [1.82, 2.24) is 5.32 Å². The molecule has 5 rings (SSSR count). The molecule has 4 bridgehead atoms. The van der Waals surface area contributed by atoms with Crippen LogP contribution in [0.25, 0.3) is 0 Å². The minimum atomic E-state index is 0.0621. The van der Waals surface area contributed by atoms with E-state index in [1.807, 2.05) is 18.2 Å². The van der Waals surface area contributed by atoms with Gasteiger partial charge in [0.15, 0.2) is 0 Å². The lowest BCUT2D eigenvalue weighted by Gasteiger charge is -2.56. The first-order valence-electron chi connectivity index (χ1n) is 10.9. The summed E-state index contributed by atoms with van der Waals surface area (Å²) >= 11 is 3.55. The molecular formula is C23H33BrN2O. The number of unbranched alkanes of at least 4 members (excludes halogenated alkanes) is 3. The molecule has 1 aromatic carbocycles. The Bertz CT molecular complexity index is 652. The number of benzene rings is 1. The van der Waals surface area contributed by atoms with Crippen LogP contribution in [-0.2, 0) is 0 Å². The number of halogens is 1. The molecule has 0 radical (unpaired) electrons. The summed E-state index contributed by atoms with van der Waals surface area (Å²) < 4.78 is 0.967. The molecule has 0 atom stereocenters. The van der Waals surface area contributed by atoms with E-state index in [0.29, 0.717) is 0 Å². The molecule has 4 fully saturated rings. The van der Waals surface area contributed by atoms with Crippen LogP contribution in [0.1, 0.15) is 81.5 Å². The highest BCUT2D eigenvalue weighted by Gasteiger charge is 2.51. The Morgan fingerprint density at radius 3 is 2.37 bits per heavy atom. The van der Waals surface area contributed by atoms with Crippen LogP contribution in [0, 0.1) is 17.8 Å². The summed E-state index contributed by atoms with van der Waals surface area (Å²) in [7, 11) is 0. The highest BCUT2D eigenvalue weighted by atomic mass is 79.9. The molecule has 148 valence electrons. The number of rotatable bonds is 8. The molecule has 3 nitrogen and oxygen atoms in total. The van der Waals surface area contributed by atoms with E-state index in [-0.39, 0.29) is 11.4 Å². The van der Waals surface area contributed by atoms with Gasteiger partial charge in [-0.1, -0.05) is 42.1 Å². The third kappa shape index (κ3) is 4.36. The maximum absolute atomic E-state index is 13.3. The van der Waals surface area contributed by atoms with Gasteiger partial charge >= 0.3 is 0 Å². The lowest BCUT2D eigenvalue weighted by atomic mass is 9.53. The molecule has 0 saturated heterocycles. The molecule has 0 spiro atoms. The SMILES string of the molecule is CCCCCCNc1ccc(Br)cc1C(=O)NC12CC3CC(CC(C3)C1)C2. The quantitative estimate of drug-likeness (QED) is 0.484. The average Bonchev–Trinajstić information content (AvgIpc) is 2.61. The molecule has 1 aromatic rings. The second kappa shape index (κ2) is 8.14. The molecule has 4 heteroatoms. The van der Waals surface area contributed by atoms with Gasteiger partial charge in [0.1, 0.15) is 0 Å². The van der Waals surface area contributed by atoms with Gasteiger partial charge in [-0.15, -0.1) is 0 Å². The van der Waals surface area contributed by atoms with Crippen LogP contribution in [0.4, 0.5) is 5.69 Å². The minimum absolute atomic E-state index is 0.0621. The average molecular weight is 433 g/mol. The fraction of sp³-hybridized carbons (Fsp3) is 0.696. The van der Waals surface area contributed by atoms with Gasteiger partial charge in [-0.25, -0.2) is 0 Å². The van der Waals surface area contributed by atoms with Crippen LogP contribution in [0.15, 0.2) is 22.7 Å². The van der Waals surface area contributed by atoms with Crippen molar-refractivity contribution in [2.24, 2.45) is 17.8 Å². The standard InChI is InChI=1S/C23H33BrN2O/c1-2-3-4-5-8-25-21-7-6-19(24)12-20(21)22(27)26-23-13-16-9-17(14-23)11-18(10-16)15-23/h6-7,12,16-18,25H,2-5,8-11,13-15H2,1H3,(H,26,27). The molecule has 0 unspecified atom stereocenters. The van der Waals surface area contributed by atoms with E-state index in [9.17, 15) is 4.79 Å². The van der Waals surface area contributed by atoms with Crippen molar-refractivity contribution < 1.29 is 4.79 Å². The third-order valence-electron chi connectivity index (χ3n) is 6.99. The van der Waals surface area contributed by atoms with Gasteiger partial charge < -0.3 is 10.6 Å². The van der Waals surface area contributed by atoms with Crippen molar-refractivity contribution >= 4 is 27.5 Å². The van der Waals surface area contributed by atoms with E-state index in [2.05, 4.69) is 33.5 Å². The molecule has 0 heterocycles. The fourth-order valence-electron chi connectivity index (χ4n) is 6.21. The molecule has 4 aliphatic carbocycles. The summed E-state index contributed by atoms with van der Waals surface area (Å²) in [6, 6.07) is 6.04. The predicted molar refractivity (Wildman–Crippen MR) is 115 cm³/mol.